The predicted molar refractivity (Wildman–Crippen MR) is 123 cm³/mol. The fraction of sp³-hybridized carbons (Fsp3) is 0.150. The van der Waals surface area contributed by atoms with E-state index in [1.165, 1.54) is 18.2 Å². The standard InChI is InChI=1S/C20H17N5O6S2/c1-2-31-18(28)14-8-3-4-9-15(14)21-16(26)11-32-20-24-23-19(33-20)22-17(27)12-6-5-7-13(10-12)25(29)30/h3-10H,2,11H2,1H3,(H,21,26)(H,22,23,27). The lowest BCUT2D eigenvalue weighted by Crippen LogP contribution is -2.17. The number of benzene rings is 2. The molecule has 33 heavy (non-hydrogen) atoms. The van der Waals surface area contributed by atoms with Crippen molar-refractivity contribution in [3.63, 3.8) is 0 Å². The molecular formula is C20H17N5O6S2. The highest BCUT2D eigenvalue weighted by Crippen LogP contribution is 2.26. The molecule has 13 heteroatoms. The Morgan fingerprint density at radius 3 is 2.67 bits per heavy atom. The van der Waals surface area contributed by atoms with Gasteiger partial charge in [-0.25, -0.2) is 4.79 Å². The van der Waals surface area contributed by atoms with Crippen LogP contribution in [0.5, 0.6) is 0 Å². The molecule has 0 spiro atoms. The van der Waals surface area contributed by atoms with E-state index in [0.717, 1.165) is 29.2 Å². The normalized spacial score (nSPS) is 10.3. The minimum Gasteiger partial charge on any atom is -0.462 e. The van der Waals surface area contributed by atoms with Crippen LogP contribution in [0, 0.1) is 10.1 Å². The summed E-state index contributed by atoms with van der Waals surface area (Å²) in [4.78, 5) is 46.9. The number of thioether (sulfide) groups is 1. The van der Waals surface area contributed by atoms with Gasteiger partial charge in [0, 0.05) is 17.7 Å². The monoisotopic (exact) mass is 487 g/mol. The van der Waals surface area contributed by atoms with Crippen molar-refractivity contribution in [1.29, 1.82) is 0 Å². The van der Waals surface area contributed by atoms with Gasteiger partial charge in [-0.15, -0.1) is 10.2 Å². The third kappa shape index (κ3) is 6.57. The molecule has 0 aliphatic carbocycles. The van der Waals surface area contributed by atoms with Gasteiger partial charge in [0.25, 0.3) is 11.6 Å². The molecule has 0 aliphatic rings. The molecule has 2 N–H and O–H groups in total. The van der Waals surface area contributed by atoms with Crippen molar-refractivity contribution in [1.82, 2.24) is 10.2 Å². The van der Waals surface area contributed by atoms with Gasteiger partial charge in [0.2, 0.25) is 11.0 Å². The molecule has 0 saturated carbocycles. The molecule has 0 saturated heterocycles. The van der Waals surface area contributed by atoms with Crippen molar-refractivity contribution in [2.24, 2.45) is 0 Å². The van der Waals surface area contributed by atoms with Crippen molar-refractivity contribution in [3.8, 4) is 0 Å². The highest BCUT2D eigenvalue weighted by atomic mass is 32.2. The van der Waals surface area contributed by atoms with Crippen molar-refractivity contribution in [3.05, 3.63) is 69.8 Å². The van der Waals surface area contributed by atoms with Gasteiger partial charge in [-0.2, -0.15) is 0 Å². The van der Waals surface area contributed by atoms with Crippen LogP contribution in [0.25, 0.3) is 0 Å². The molecule has 0 unspecified atom stereocenters. The van der Waals surface area contributed by atoms with Gasteiger partial charge in [-0.1, -0.05) is 41.3 Å². The van der Waals surface area contributed by atoms with Gasteiger partial charge < -0.3 is 10.1 Å². The first-order valence-electron chi connectivity index (χ1n) is 9.45. The number of non-ortho nitro benzene ring substituents is 1. The van der Waals surface area contributed by atoms with Crippen LogP contribution < -0.4 is 10.6 Å². The van der Waals surface area contributed by atoms with Crippen molar-refractivity contribution in [2.45, 2.75) is 11.3 Å². The van der Waals surface area contributed by atoms with E-state index in [2.05, 4.69) is 20.8 Å². The number of ether oxygens (including phenoxy) is 1. The van der Waals surface area contributed by atoms with Crippen molar-refractivity contribution in [2.75, 3.05) is 23.0 Å². The number of hydrogen-bond acceptors (Lipinski definition) is 10. The van der Waals surface area contributed by atoms with E-state index < -0.39 is 16.8 Å². The Morgan fingerprint density at radius 2 is 1.91 bits per heavy atom. The lowest BCUT2D eigenvalue weighted by molar-refractivity contribution is -0.384. The summed E-state index contributed by atoms with van der Waals surface area (Å²) in [6.07, 6.45) is 0. The Hall–Kier alpha value is -3.84. The van der Waals surface area contributed by atoms with Crippen molar-refractivity contribution < 1.29 is 24.0 Å². The number of para-hydroxylation sites is 1. The quantitative estimate of drug-likeness (QED) is 0.151. The number of carbonyl (C=O) groups excluding carboxylic acids is 3. The average molecular weight is 488 g/mol. The average Bonchev–Trinajstić information content (AvgIpc) is 3.25. The molecule has 1 aromatic heterocycles. The lowest BCUT2D eigenvalue weighted by Gasteiger charge is -2.09. The van der Waals surface area contributed by atoms with Crippen LogP contribution >= 0.6 is 23.1 Å². The maximum atomic E-state index is 12.3. The Bertz CT molecular complexity index is 1200. The second-order valence-corrected chi connectivity index (χ2v) is 8.44. The molecule has 3 aromatic rings. The van der Waals surface area contributed by atoms with Gasteiger partial charge in [0.05, 0.1) is 28.5 Å². The molecule has 170 valence electrons. The van der Waals surface area contributed by atoms with Crippen molar-refractivity contribution >= 4 is 57.4 Å². The summed E-state index contributed by atoms with van der Waals surface area (Å²) in [5, 5.41) is 24.0. The van der Waals surface area contributed by atoms with E-state index in [0.29, 0.717) is 10.0 Å². The van der Waals surface area contributed by atoms with Crippen LogP contribution in [-0.2, 0) is 9.53 Å². The van der Waals surface area contributed by atoms with Crippen LogP contribution in [0.1, 0.15) is 27.6 Å². The Morgan fingerprint density at radius 1 is 1.12 bits per heavy atom. The fourth-order valence-corrected chi connectivity index (χ4v) is 4.09. The summed E-state index contributed by atoms with van der Waals surface area (Å²) < 4.78 is 5.41. The van der Waals surface area contributed by atoms with E-state index in [1.54, 1.807) is 31.2 Å². The highest BCUT2D eigenvalue weighted by Gasteiger charge is 2.16. The fourth-order valence-electron chi connectivity index (χ4n) is 2.54. The second kappa shape index (κ2) is 11.2. The number of anilines is 2. The number of esters is 1. The first-order valence-corrected chi connectivity index (χ1v) is 11.3. The molecule has 3 rings (SSSR count). The summed E-state index contributed by atoms with van der Waals surface area (Å²) in [5.41, 5.74) is 0.489. The summed E-state index contributed by atoms with van der Waals surface area (Å²) in [6, 6.07) is 11.8. The summed E-state index contributed by atoms with van der Waals surface area (Å²) >= 11 is 2.15. The third-order valence-electron chi connectivity index (χ3n) is 3.97. The summed E-state index contributed by atoms with van der Waals surface area (Å²) in [7, 11) is 0. The first kappa shape index (κ1) is 23.8. The van der Waals surface area contributed by atoms with E-state index in [1.807, 2.05) is 0 Å². The van der Waals surface area contributed by atoms with E-state index in [9.17, 15) is 24.5 Å². The number of rotatable bonds is 9. The zero-order valence-corrected chi connectivity index (χ0v) is 18.8. The number of amides is 2. The maximum absolute atomic E-state index is 12.3. The lowest BCUT2D eigenvalue weighted by atomic mass is 10.2. The number of nitrogens with zero attached hydrogens (tertiary/aromatic N) is 3. The minimum atomic E-state index is -0.591. The topological polar surface area (TPSA) is 153 Å². The highest BCUT2D eigenvalue weighted by molar-refractivity contribution is 8.01. The Labute approximate surface area is 195 Å². The molecule has 0 aliphatic heterocycles. The number of nitrogens with one attached hydrogen (secondary N) is 2. The zero-order chi connectivity index (χ0) is 23.8. The van der Waals surface area contributed by atoms with Gasteiger partial charge in [0.1, 0.15) is 0 Å². The van der Waals surface area contributed by atoms with Gasteiger partial charge in [-0.05, 0) is 25.1 Å². The molecule has 0 fully saturated rings. The van der Waals surface area contributed by atoms with Crippen LogP contribution in [0.4, 0.5) is 16.5 Å². The van der Waals surface area contributed by atoms with Gasteiger partial charge >= 0.3 is 5.97 Å². The van der Waals surface area contributed by atoms with Gasteiger partial charge in [-0.3, -0.25) is 25.0 Å². The molecule has 11 nitrogen and oxygen atoms in total. The molecule has 0 radical (unpaired) electrons. The molecule has 2 aromatic carbocycles. The zero-order valence-electron chi connectivity index (χ0n) is 17.1. The molecule has 0 atom stereocenters. The second-order valence-electron chi connectivity index (χ2n) is 6.24. The number of hydrogen-bond donors (Lipinski definition) is 2. The van der Waals surface area contributed by atoms with Crippen LogP contribution in [0.15, 0.2) is 52.9 Å². The largest absolute Gasteiger partial charge is 0.462 e. The van der Waals surface area contributed by atoms with Crippen LogP contribution in [0.2, 0.25) is 0 Å². The molecular weight excluding hydrogens is 470 g/mol. The molecule has 0 bridgehead atoms. The van der Waals surface area contributed by atoms with E-state index >= 15 is 0 Å². The molecule has 2 amide bonds. The number of aromatic nitrogens is 2. The number of nitro benzene ring substituents is 1. The minimum absolute atomic E-state index is 0.00931. The Kier molecular flexibility index (Phi) is 8.05. The smallest absolute Gasteiger partial charge is 0.340 e. The van der Waals surface area contributed by atoms with E-state index in [-0.39, 0.29) is 40.2 Å². The Balaban J connectivity index is 1.56. The number of nitro groups is 1. The third-order valence-corrected chi connectivity index (χ3v) is 5.94. The first-order chi connectivity index (χ1) is 15.9. The maximum Gasteiger partial charge on any atom is 0.340 e. The van der Waals surface area contributed by atoms with Crippen LogP contribution in [0.3, 0.4) is 0 Å². The molecule has 1 heterocycles. The SMILES string of the molecule is CCOC(=O)c1ccccc1NC(=O)CSc1nnc(NC(=O)c2cccc([N+](=O)[O-])c2)s1. The number of carbonyl (C=O) groups is 3. The van der Waals surface area contributed by atoms with Crippen LogP contribution in [-0.4, -0.2) is 45.3 Å². The summed E-state index contributed by atoms with van der Waals surface area (Å²) in [5.74, 6) is -1.48. The summed E-state index contributed by atoms with van der Waals surface area (Å²) in [6.45, 7) is 1.91. The van der Waals surface area contributed by atoms with Gasteiger partial charge in [0.15, 0.2) is 4.34 Å². The van der Waals surface area contributed by atoms with E-state index in [4.69, 9.17) is 4.74 Å². The predicted octanol–water partition coefficient (Wildman–Crippen LogP) is 3.61.